The van der Waals surface area contributed by atoms with E-state index in [2.05, 4.69) is 9.97 Å². The molecule has 0 radical (unpaired) electrons. The number of aromatic nitrogens is 2. The number of benzene rings is 2. The van der Waals surface area contributed by atoms with E-state index in [1.807, 2.05) is 30.3 Å². The lowest BCUT2D eigenvalue weighted by atomic mass is 10.0. The van der Waals surface area contributed by atoms with Crippen LogP contribution in [0.4, 0.5) is 0 Å². The molecule has 0 aliphatic carbocycles. The van der Waals surface area contributed by atoms with Crippen molar-refractivity contribution in [1.82, 2.24) is 9.97 Å². The van der Waals surface area contributed by atoms with Crippen LogP contribution in [0, 0.1) is 0 Å². The van der Waals surface area contributed by atoms with Crippen LogP contribution in [0.5, 0.6) is 5.75 Å². The molecule has 0 unspecified atom stereocenters. The highest BCUT2D eigenvalue weighted by Crippen LogP contribution is 2.34. The summed E-state index contributed by atoms with van der Waals surface area (Å²) in [4.78, 5) is 19.9. The predicted molar refractivity (Wildman–Crippen MR) is 96.7 cm³/mol. The van der Waals surface area contributed by atoms with Gasteiger partial charge in [0.05, 0.1) is 11.2 Å². The van der Waals surface area contributed by atoms with E-state index in [0.717, 1.165) is 27.2 Å². The standard InChI is InChI=1S/C20H12N2O3/c23-11-5-6-13-15(10-18(24)25-17(13)9-11)19-20-14(7-8-21-19)12-3-1-2-4-16(12)22-20/h1-10,22-23H. The summed E-state index contributed by atoms with van der Waals surface area (Å²) in [7, 11) is 0. The van der Waals surface area contributed by atoms with Crippen molar-refractivity contribution in [2.45, 2.75) is 0 Å². The average Bonchev–Trinajstić information content (AvgIpc) is 2.99. The third-order valence-electron chi connectivity index (χ3n) is 4.41. The molecule has 0 spiro atoms. The molecule has 0 fully saturated rings. The van der Waals surface area contributed by atoms with Crippen LogP contribution in [-0.4, -0.2) is 15.1 Å². The summed E-state index contributed by atoms with van der Waals surface area (Å²) >= 11 is 0. The normalized spacial score (nSPS) is 11.5. The van der Waals surface area contributed by atoms with E-state index in [1.54, 1.807) is 18.3 Å². The van der Waals surface area contributed by atoms with E-state index in [-0.39, 0.29) is 5.75 Å². The molecule has 2 aromatic carbocycles. The van der Waals surface area contributed by atoms with Gasteiger partial charge >= 0.3 is 5.63 Å². The quantitative estimate of drug-likeness (QED) is 0.452. The van der Waals surface area contributed by atoms with E-state index in [9.17, 15) is 9.90 Å². The minimum atomic E-state index is -0.483. The predicted octanol–water partition coefficient (Wildman–Crippen LogP) is 4.20. The summed E-state index contributed by atoms with van der Waals surface area (Å²) in [6, 6.07) is 16.1. The number of fused-ring (bicyclic) bond motifs is 4. The lowest BCUT2D eigenvalue weighted by Crippen LogP contribution is -1.99. The lowest BCUT2D eigenvalue weighted by Gasteiger charge is -2.06. The van der Waals surface area contributed by atoms with E-state index >= 15 is 0 Å². The monoisotopic (exact) mass is 328 g/mol. The first kappa shape index (κ1) is 13.8. The van der Waals surface area contributed by atoms with Crippen LogP contribution in [0.1, 0.15) is 0 Å². The minimum Gasteiger partial charge on any atom is -0.508 e. The van der Waals surface area contributed by atoms with Crippen molar-refractivity contribution >= 4 is 32.8 Å². The van der Waals surface area contributed by atoms with Gasteiger partial charge in [-0.2, -0.15) is 0 Å². The topological polar surface area (TPSA) is 79.1 Å². The second-order valence-corrected chi connectivity index (χ2v) is 5.91. The van der Waals surface area contributed by atoms with Crippen LogP contribution in [0.15, 0.2) is 70.0 Å². The first-order valence-electron chi connectivity index (χ1n) is 7.83. The van der Waals surface area contributed by atoms with Crippen molar-refractivity contribution in [1.29, 1.82) is 0 Å². The van der Waals surface area contributed by atoms with Crippen molar-refractivity contribution in [3.05, 3.63) is 71.2 Å². The van der Waals surface area contributed by atoms with Gasteiger partial charge in [-0.05, 0) is 24.3 Å². The Morgan fingerprint density at radius 1 is 0.960 bits per heavy atom. The van der Waals surface area contributed by atoms with Crippen LogP contribution in [-0.2, 0) is 0 Å². The van der Waals surface area contributed by atoms with E-state index in [1.165, 1.54) is 12.1 Å². The highest BCUT2D eigenvalue weighted by Gasteiger charge is 2.15. The molecule has 25 heavy (non-hydrogen) atoms. The second-order valence-electron chi connectivity index (χ2n) is 5.91. The lowest BCUT2D eigenvalue weighted by molar-refractivity contribution is 0.473. The first-order chi connectivity index (χ1) is 12.2. The smallest absolute Gasteiger partial charge is 0.336 e. The number of hydrogen-bond acceptors (Lipinski definition) is 4. The number of para-hydroxylation sites is 1. The average molecular weight is 328 g/mol. The Bertz CT molecular complexity index is 1330. The number of phenolic OH excluding ortho intramolecular Hbond substituents is 1. The zero-order chi connectivity index (χ0) is 17.0. The van der Waals surface area contributed by atoms with Crippen molar-refractivity contribution in [3.8, 4) is 17.0 Å². The first-order valence-corrected chi connectivity index (χ1v) is 7.83. The molecule has 0 amide bonds. The van der Waals surface area contributed by atoms with Gasteiger partial charge in [0.1, 0.15) is 11.3 Å². The van der Waals surface area contributed by atoms with E-state index in [4.69, 9.17) is 4.42 Å². The van der Waals surface area contributed by atoms with E-state index in [0.29, 0.717) is 16.8 Å². The number of pyridine rings is 1. The molecule has 0 bridgehead atoms. The Balaban J connectivity index is 1.94. The number of rotatable bonds is 1. The SMILES string of the molecule is O=c1cc(-c2nccc3c2[nH]c2ccccc23)c2ccc(O)cc2o1. The Labute approximate surface area is 141 Å². The molecule has 5 aromatic rings. The van der Waals surface area contributed by atoms with Gasteiger partial charge in [-0.25, -0.2) is 4.79 Å². The van der Waals surface area contributed by atoms with Gasteiger partial charge in [-0.15, -0.1) is 0 Å². The Morgan fingerprint density at radius 3 is 2.76 bits per heavy atom. The number of nitrogens with zero attached hydrogens (tertiary/aromatic N) is 1. The maximum atomic E-state index is 12.0. The zero-order valence-corrected chi connectivity index (χ0v) is 13.0. The van der Waals surface area contributed by atoms with Crippen molar-refractivity contribution in [2.24, 2.45) is 0 Å². The number of nitrogens with one attached hydrogen (secondary N) is 1. The third kappa shape index (κ3) is 2.03. The molecule has 5 rings (SSSR count). The fourth-order valence-corrected chi connectivity index (χ4v) is 3.33. The summed E-state index contributed by atoms with van der Waals surface area (Å²) in [5.41, 5.74) is 3.07. The third-order valence-corrected chi connectivity index (χ3v) is 4.41. The number of hydrogen-bond donors (Lipinski definition) is 2. The molecule has 3 heterocycles. The molecule has 120 valence electrons. The molecule has 0 saturated heterocycles. The fourth-order valence-electron chi connectivity index (χ4n) is 3.33. The van der Waals surface area contributed by atoms with Gasteiger partial charge in [0, 0.05) is 45.6 Å². The van der Waals surface area contributed by atoms with Crippen molar-refractivity contribution in [3.63, 3.8) is 0 Å². The van der Waals surface area contributed by atoms with Gasteiger partial charge in [0.25, 0.3) is 0 Å². The molecule has 2 N–H and O–H groups in total. The molecule has 5 heteroatoms. The Hall–Kier alpha value is -3.60. The molecule has 0 aliphatic heterocycles. The number of aromatic hydroxyl groups is 1. The summed E-state index contributed by atoms with van der Waals surface area (Å²) in [6.07, 6.45) is 1.73. The summed E-state index contributed by atoms with van der Waals surface area (Å²) in [5.74, 6) is 0.0459. The molecule has 5 nitrogen and oxygen atoms in total. The fraction of sp³-hybridized carbons (Fsp3) is 0. The number of H-pyrrole nitrogens is 1. The van der Waals surface area contributed by atoms with Gasteiger partial charge in [-0.3, -0.25) is 4.98 Å². The van der Waals surface area contributed by atoms with Crippen LogP contribution in [0.25, 0.3) is 44.0 Å². The molecule has 0 aliphatic rings. The van der Waals surface area contributed by atoms with Gasteiger partial charge in [0.2, 0.25) is 0 Å². The van der Waals surface area contributed by atoms with Crippen molar-refractivity contribution < 1.29 is 9.52 Å². The summed E-state index contributed by atoms with van der Waals surface area (Å²) in [5, 5.41) is 12.5. The molecule has 0 saturated carbocycles. The molecule has 0 atom stereocenters. The minimum absolute atomic E-state index is 0.0459. The Morgan fingerprint density at radius 2 is 1.84 bits per heavy atom. The van der Waals surface area contributed by atoms with Crippen LogP contribution in [0.3, 0.4) is 0 Å². The zero-order valence-electron chi connectivity index (χ0n) is 13.0. The van der Waals surface area contributed by atoms with Crippen LogP contribution in [0.2, 0.25) is 0 Å². The highest BCUT2D eigenvalue weighted by atomic mass is 16.4. The van der Waals surface area contributed by atoms with Crippen LogP contribution >= 0.6 is 0 Å². The largest absolute Gasteiger partial charge is 0.508 e. The van der Waals surface area contributed by atoms with Crippen LogP contribution < -0.4 is 5.63 Å². The maximum Gasteiger partial charge on any atom is 0.336 e. The maximum absolute atomic E-state index is 12.0. The van der Waals surface area contributed by atoms with Gasteiger partial charge in [-0.1, -0.05) is 18.2 Å². The van der Waals surface area contributed by atoms with E-state index < -0.39 is 5.63 Å². The summed E-state index contributed by atoms with van der Waals surface area (Å²) < 4.78 is 5.22. The van der Waals surface area contributed by atoms with Gasteiger partial charge < -0.3 is 14.5 Å². The number of aromatic amines is 1. The number of phenols is 1. The van der Waals surface area contributed by atoms with Gasteiger partial charge in [0.15, 0.2) is 0 Å². The second kappa shape index (κ2) is 4.95. The molecular weight excluding hydrogens is 316 g/mol. The van der Waals surface area contributed by atoms with Crippen molar-refractivity contribution in [2.75, 3.05) is 0 Å². The molecule has 3 aromatic heterocycles. The molecular formula is C20H12N2O3. The summed E-state index contributed by atoms with van der Waals surface area (Å²) in [6.45, 7) is 0. The highest BCUT2D eigenvalue weighted by molar-refractivity contribution is 6.12. The Kier molecular flexibility index (Phi) is 2.73.